The molecule has 2 aliphatic rings. The number of hydrogen-bond donors (Lipinski definition) is 2. The number of fused-ring (bicyclic) bond motifs is 2. The first-order valence-electron chi connectivity index (χ1n) is 10.0. The summed E-state index contributed by atoms with van der Waals surface area (Å²) in [6.45, 7) is 0.525. The third-order valence-corrected chi connectivity index (χ3v) is 6.28. The summed E-state index contributed by atoms with van der Waals surface area (Å²) in [6, 6.07) is 12.6. The van der Waals surface area contributed by atoms with Crippen LogP contribution in [0.4, 0.5) is 10.5 Å². The Kier molecular flexibility index (Phi) is 5.18. The zero-order valence-corrected chi connectivity index (χ0v) is 18.8. The molecule has 5 rings (SSSR count). The number of nitrogens with zero attached hydrogens (tertiary/aromatic N) is 3. The van der Waals surface area contributed by atoms with E-state index >= 15 is 0 Å². The molecule has 0 saturated carbocycles. The molecule has 3 heterocycles. The molecule has 9 heteroatoms. The number of carbonyl (C=O) groups excluding carboxylic acids is 2. The maximum atomic E-state index is 13.3. The lowest BCUT2D eigenvalue weighted by atomic mass is 9.88. The first kappa shape index (κ1) is 20.3. The monoisotopic (exact) mass is 493 g/mol. The summed E-state index contributed by atoms with van der Waals surface area (Å²) >= 11 is 3.53. The summed E-state index contributed by atoms with van der Waals surface area (Å²) in [6.07, 6.45) is 5.03. The second kappa shape index (κ2) is 8.16. The van der Waals surface area contributed by atoms with Gasteiger partial charge >= 0.3 is 6.03 Å². The minimum atomic E-state index is -0.391. The molecule has 8 nitrogen and oxygen atoms in total. The molecule has 0 spiro atoms. The van der Waals surface area contributed by atoms with Crippen molar-refractivity contribution in [2.75, 3.05) is 18.6 Å². The van der Waals surface area contributed by atoms with Crippen molar-refractivity contribution in [3.05, 3.63) is 82.4 Å². The van der Waals surface area contributed by atoms with Gasteiger partial charge in [-0.2, -0.15) is 0 Å². The average molecular weight is 494 g/mol. The number of para-hydroxylation sites is 1. The van der Waals surface area contributed by atoms with Crippen LogP contribution in [-0.2, 0) is 11.3 Å². The molecule has 0 saturated heterocycles. The molecule has 32 heavy (non-hydrogen) atoms. The van der Waals surface area contributed by atoms with E-state index in [1.165, 1.54) is 0 Å². The van der Waals surface area contributed by atoms with Crippen LogP contribution in [0.25, 0.3) is 5.70 Å². The van der Waals surface area contributed by atoms with Crippen molar-refractivity contribution in [1.29, 1.82) is 0 Å². The number of urea groups is 1. The topological polar surface area (TPSA) is 88.5 Å². The normalized spacial score (nSPS) is 17.2. The SMILES string of the molecule is COc1ccc(C2NC(=O)NC3=C2CN(C(=O)Cn2ccnc2)c2ccccc23)cc1Br. The number of anilines is 1. The van der Waals surface area contributed by atoms with Gasteiger partial charge in [0, 0.05) is 23.5 Å². The molecular weight excluding hydrogens is 474 g/mol. The zero-order valence-electron chi connectivity index (χ0n) is 17.2. The molecule has 0 fully saturated rings. The molecule has 162 valence electrons. The number of nitrogens with one attached hydrogen (secondary N) is 2. The molecule has 2 N–H and O–H groups in total. The Hall–Kier alpha value is -3.59. The molecule has 0 aliphatic carbocycles. The molecule has 2 aromatic carbocycles. The summed E-state index contributed by atoms with van der Waals surface area (Å²) in [5.41, 5.74) is 4.14. The van der Waals surface area contributed by atoms with Crippen LogP contribution in [0.5, 0.6) is 5.75 Å². The second-order valence-corrected chi connectivity index (χ2v) is 8.41. The Labute approximate surface area is 193 Å². The van der Waals surface area contributed by atoms with Crippen LogP contribution < -0.4 is 20.3 Å². The fourth-order valence-electron chi connectivity index (χ4n) is 4.17. The Bertz CT molecular complexity index is 1240. The summed E-state index contributed by atoms with van der Waals surface area (Å²) in [4.78, 5) is 31.6. The van der Waals surface area contributed by atoms with Gasteiger partial charge in [0.1, 0.15) is 12.3 Å². The Morgan fingerprint density at radius 3 is 2.88 bits per heavy atom. The predicted molar refractivity (Wildman–Crippen MR) is 123 cm³/mol. The van der Waals surface area contributed by atoms with Crippen molar-refractivity contribution in [3.63, 3.8) is 0 Å². The minimum absolute atomic E-state index is 0.0615. The van der Waals surface area contributed by atoms with E-state index in [0.717, 1.165) is 32.6 Å². The van der Waals surface area contributed by atoms with Crippen molar-refractivity contribution in [2.45, 2.75) is 12.6 Å². The standard InChI is InChI=1S/C23H20BrN5O3/c1-32-19-7-6-14(10-17(19)24)21-16-11-29(20(30)12-28-9-8-25-13-28)18-5-3-2-4-15(18)22(16)27-23(31)26-21/h2-10,13,21H,11-12H2,1H3,(H2,26,27,31). The van der Waals surface area contributed by atoms with Crippen LogP contribution in [0.2, 0.25) is 0 Å². The third kappa shape index (κ3) is 3.54. The lowest BCUT2D eigenvalue weighted by Gasteiger charge is -2.39. The first-order chi connectivity index (χ1) is 15.5. The second-order valence-electron chi connectivity index (χ2n) is 7.56. The van der Waals surface area contributed by atoms with E-state index in [1.54, 1.807) is 35.3 Å². The van der Waals surface area contributed by atoms with Gasteiger partial charge in [0.15, 0.2) is 0 Å². The highest BCUT2D eigenvalue weighted by Crippen LogP contribution is 2.41. The Morgan fingerprint density at radius 2 is 2.12 bits per heavy atom. The molecule has 0 radical (unpaired) electrons. The van der Waals surface area contributed by atoms with E-state index in [1.807, 2.05) is 42.5 Å². The quantitative estimate of drug-likeness (QED) is 0.582. The lowest BCUT2D eigenvalue weighted by molar-refractivity contribution is -0.119. The van der Waals surface area contributed by atoms with Gasteiger partial charge in [-0.05, 0) is 39.7 Å². The number of halogens is 1. The largest absolute Gasteiger partial charge is 0.496 e. The molecule has 1 atom stereocenters. The van der Waals surface area contributed by atoms with E-state index in [0.29, 0.717) is 12.3 Å². The molecule has 1 aromatic heterocycles. The highest BCUT2D eigenvalue weighted by molar-refractivity contribution is 9.10. The fraction of sp³-hybridized carbons (Fsp3) is 0.174. The van der Waals surface area contributed by atoms with E-state index in [9.17, 15) is 9.59 Å². The summed E-state index contributed by atoms with van der Waals surface area (Å²) in [7, 11) is 1.61. The number of benzene rings is 2. The number of aromatic nitrogens is 2. The smallest absolute Gasteiger partial charge is 0.320 e. The number of hydrogen-bond acceptors (Lipinski definition) is 4. The maximum Gasteiger partial charge on any atom is 0.320 e. The van der Waals surface area contributed by atoms with Gasteiger partial charge in [-0.25, -0.2) is 9.78 Å². The van der Waals surface area contributed by atoms with Crippen LogP contribution in [0.3, 0.4) is 0 Å². The van der Waals surface area contributed by atoms with Gasteiger partial charge in [-0.1, -0.05) is 24.3 Å². The van der Waals surface area contributed by atoms with Crippen molar-refractivity contribution in [3.8, 4) is 5.75 Å². The van der Waals surface area contributed by atoms with Gasteiger partial charge in [0.2, 0.25) is 5.91 Å². The number of imidazole rings is 1. The molecule has 3 aromatic rings. The Morgan fingerprint density at radius 1 is 1.28 bits per heavy atom. The maximum absolute atomic E-state index is 13.3. The van der Waals surface area contributed by atoms with Crippen LogP contribution >= 0.6 is 15.9 Å². The van der Waals surface area contributed by atoms with Crippen molar-refractivity contribution in [1.82, 2.24) is 20.2 Å². The minimum Gasteiger partial charge on any atom is -0.496 e. The van der Waals surface area contributed by atoms with Gasteiger partial charge < -0.3 is 24.8 Å². The summed E-state index contributed by atoms with van der Waals surface area (Å²) < 4.78 is 7.87. The van der Waals surface area contributed by atoms with E-state index < -0.39 is 6.04 Å². The van der Waals surface area contributed by atoms with E-state index in [4.69, 9.17) is 4.74 Å². The molecule has 1 unspecified atom stereocenters. The predicted octanol–water partition coefficient (Wildman–Crippen LogP) is 3.47. The van der Waals surface area contributed by atoms with Gasteiger partial charge in [-0.3, -0.25) is 4.79 Å². The number of amides is 3. The lowest BCUT2D eigenvalue weighted by Crippen LogP contribution is -2.49. The summed E-state index contributed by atoms with van der Waals surface area (Å²) in [5.74, 6) is 0.642. The zero-order chi connectivity index (χ0) is 22.2. The first-order valence-corrected chi connectivity index (χ1v) is 10.8. The van der Waals surface area contributed by atoms with Gasteiger partial charge in [0.25, 0.3) is 0 Å². The van der Waals surface area contributed by atoms with Gasteiger partial charge in [-0.15, -0.1) is 0 Å². The highest BCUT2D eigenvalue weighted by Gasteiger charge is 2.36. The molecule has 2 aliphatic heterocycles. The van der Waals surface area contributed by atoms with Crippen LogP contribution in [-0.4, -0.2) is 35.1 Å². The number of rotatable bonds is 4. The number of ether oxygens (including phenoxy) is 1. The van der Waals surface area contributed by atoms with E-state index in [-0.39, 0.29) is 18.5 Å². The molecule has 3 amide bonds. The highest BCUT2D eigenvalue weighted by atomic mass is 79.9. The van der Waals surface area contributed by atoms with Gasteiger partial charge in [0.05, 0.1) is 41.9 Å². The summed E-state index contributed by atoms with van der Waals surface area (Å²) in [5, 5.41) is 5.97. The van der Waals surface area contributed by atoms with Crippen molar-refractivity contribution in [2.24, 2.45) is 0 Å². The molecular formula is C23H20BrN5O3. The number of methoxy groups -OCH3 is 1. The fourth-order valence-corrected chi connectivity index (χ4v) is 4.73. The van der Waals surface area contributed by atoms with Crippen LogP contribution in [0, 0.1) is 0 Å². The van der Waals surface area contributed by atoms with E-state index in [2.05, 4.69) is 31.5 Å². The van der Waals surface area contributed by atoms with Crippen molar-refractivity contribution < 1.29 is 14.3 Å². The number of carbonyl (C=O) groups is 2. The Balaban J connectivity index is 1.58. The third-order valence-electron chi connectivity index (χ3n) is 5.66. The van der Waals surface area contributed by atoms with Crippen LogP contribution in [0.1, 0.15) is 17.2 Å². The molecule has 0 bridgehead atoms. The van der Waals surface area contributed by atoms with Crippen molar-refractivity contribution >= 4 is 39.3 Å². The van der Waals surface area contributed by atoms with Crippen LogP contribution in [0.15, 0.2) is 71.2 Å². The average Bonchev–Trinajstić information content (AvgIpc) is 3.31.